The van der Waals surface area contributed by atoms with Gasteiger partial charge in [0.1, 0.15) is 11.7 Å². The van der Waals surface area contributed by atoms with E-state index in [2.05, 4.69) is 11.9 Å². The summed E-state index contributed by atoms with van der Waals surface area (Å²) in [6.07, 6.45) is 1.95. The Balaban J connectivity index is 2.12. The molecule has 0 saturated carbocycles. The second-order valence-corrected chi connectivity index (χ2v) is 4.32. The van der Waals surface area contributed by atoms with Crippen molar-refractivity contribution in [3.05, 3.63) is 42.7 Å². The van der Waals surface area contributed by atoms with E-state index in [4.69, 9.17) is 0 Å². The summed E-state index contributed by atoms with van der Waals surface area (Å²) < 4.78 is 13.6. The Labute approximate surface area is 110 Å². The Hall–Kier alpha value is -2.17. The zero-order valence-electron chi connectivity index (χ0n) is 10.4. The van der Waals surface area contributed by atoms with Crippen molar-refractivity contribution in [2.45, 2.75) is 6.42 Å². The first kappa shape index (κ1) is 13.3. The quantitative estimate of drug-likeness (QED) is 0.660. The predicted molar refractivity (Wildman–Crippen MR) is 70.1 cm³/mol. The Morgan fingerprint density at radius 2 is 2.26 bits per heavy atom. The smallest absolute Gasteiger partial charge is 0.239 e. The third-order valence-corrected chi connectivity index (χ3v) is 3.09. The average molecular weight is 262 g/mol. The number of nitrogens with zero attached hydrogens (tertiary/aromatic N) is 1. The van der Waals surface area contributed by atoms with Gasteiger partial charge in [0.25, 0.3) is 0 Å². The van der Waals surface area contributed by atoms with Crippen molar-refractivity contribution < 1.29 is 14.0 Å². The molecule has 1 saturated heterocycles. The maximum Gasteiger partial charge on any atom is 0.239 e. The van der Waals surface area contributed by atoms with E-state index in [9.17, 15) is 14.0 Å². The lowest BCUT2D eigenvalue weighted by Crippen LogP contribution is -2.37. The van der Waals surface area contributed by atoms with Gasteiger partial charge in [0.15, 0.2) is 0 Å². The molecular weight excluding hydrogens is 247 g/mol. The van der Waals surface area contributed by atoms with Crippen molar-refractivity contribution in [2.24, 2.45) is 5.92 Å². The van der Waals surface area contributed by atoms with Crippen LogP contribution in [0.25, 0.3) is 0 Å². The molecule has 2 amide bonds. The van der Waals surface area contributed by atoms with E-state index in [0.717, 1.165) is 0 Å². The van der Waals surface area contributed by atoms with Gasteiger partial charge in [-0.1, -0.05) is 18.2 Å². The molecule has 19 heavy (non-hydrogen) atoms. The van der Waals surface area contributed by atoms with Crippen LogP contribution >= 0.6 is 0 Å². The molecule has 0 spiro atoms. The van der Waals surface area contributed by atoms with Crippen LogP contribution in [-0.4, -0.2) is 24.9 Å². The van der Waals surface area contributed by atoms with Gasteiger partial charge in [-0.25, -0.2) is 4.39 Å². The van der Waals surface area contributed by atoms with Gasteiger partial charge >= 0.3 is 0 Å². The van der Waals surface area contributed by atoms with E-state index in [0.29, 0.717) is 19.5 Å². The van der Waals surface area contributed by atoms with Gasteiger partial charge in [-0.15, -0.1) is 6.58 Å². The Morgan fingerprint density at radius 3 is 2.95 bits per heavy atom. The maximum absolute atomic E-state index is 13.6. The van der Waals surface area contributed by atoms with Crippen molar-refractivity contribution in [1.82, 2.24) is 5.32 Å². The van der Waals surface area contributed by atoms with Crippen LogP contribution in [0.5, 0.6) is 0 Å². The lowest BCUT2D eigenvalue weighted by Gasteiger charge is -2.17. The number of hydrogen-bond acceptors (Lipinski definition) is 2. The summed E-state index contributed by atoms with van der Waals surface area (Å²) in [5, 5.41) is 2.59. The highest BCUT2D eigenvalue weighted by atomic mass is 19.1. The molecule has 100 valence electrons. The monoisotopic (exact) mass is 262 g/mol. The van der Waals surface area contributed by atoms with Crippen LogP contribution in [0.15, 0.2) is 36.9 Å². The minimum Gasteiger partial charge on any atom is -0.352 e. The molecule has 0 aromatic heterocycles. The summed E-state index contributed by atoms with van der Waals surface area (Å²) in [6.45, 7) is 4.17. The first-order valence-corrected chi connectivity index (χ1v) is 6.09. The number of nitrogens with one attached hydrogen (secondary N) is 1. The van der Waals surface area contributed by atoms with Crippen molar-refractivity contribution in [1.29, 1.82) is 0 Å². The summed E-state index contributed by atoms with van der Waals surface area (Å²) in [7, 11) is 0. The van der Waals surface area contributed by atoms with Gasteiger partial charge in [-0.05, 0) is 18.6 Å². The number of para-hydroxylation sites is 1. The number of halogens is 1. The molecule has 2 rings (SSSR count). The molecule has 1 N–H and O–H groups in total. The number of carbonyl (C=O) groups excluding carboxylic acids is 2. The van der Waals surface area contributed by atoms with Gasteiger partial charge in [-0.2, -0.15) is 0 Å². The molecule has 1 aromatic carbocycles. The highest BCUT2D eigenvalue weighted by molar-refractivity contribution is 6.09. The molecule has 1 unspecified atom stereocenters. The van der Waals surface area contributed by atoms with Crippen LogP contribution < -0.4 is 10.2 Å². The maximum atomic E-state index is 13.6. The fourth-order valence-electron chi connectivity index (χ4n) is 2.13. The van der Waals surface area contributed by atoms with Crippen molar-refractivity contribution in [3.8, 4) is 0 Å². The van der Waals surface area contributed by atoms with Crippen LogP contribution in [0, 0.1) is 11.7 Å². The van der Waals surface area contributed by atoms with Gasteiger partial charge in [0.05, 0.1) is 5.69 Å². The first-order valence-electron chi connectivity index (χ1n) is 6.09. The molecule has 1 heterocycles. The summed E-state index contributed by atoms with van der Waals surface area (Å²) in [5.41, 5.74) is 0.228. The average Bonchev–Trinajstić information content (AvgIpc) is 2.78. The second kappa shape index (κ2) is 5.65. The largest absolute Gasteiger partial charge is 0.352 e. The van der Waals surface area contributed by atoms with Crippen LogP contribution in [0.3, 0.4) is 0 Å². The number of benzene rings is 1. The normalized spacial score (nSPS) is 18.5. The van der Waals surface area contributed by atoms with Gasteiger partial charge < -0.3 is 10.2 Å². The van der Waals surface area contributed by atoms with E-state index in [1.54, 1.807) is 18.2 Å². The minimum absolute atomic E-state index is 0.228. The van der Waals surface area contributed by atoms with Crippen LogP contribution in [0.2, 0.25) is 0 Å². The minimum atomic E-state index is -0.737. The number of amides is 2. The zero-order chi connectivity index (χ0) is 13.8. The predicted octanol–water partition coefficient (Wildman–Crippen LogP) is 1.48. The molecule has 0 bridgehead atoms. The van der Waals surface area contributed by atoms with Crippen molar-refractivity contribution >= 4 is 17.5 Å². The lowest BCUT2D eigenvalue weighted by molar-refractivity contribution is -0.131. The summed E-state index contributed by atoms with van der Waals surface area (Å²) in [4.78, 5) is 25.2. The van der Waals surface area contributed by atoms with E-state index >= 15 is 0 Å². The SMILES string of the molecule is C=CCNC(=O)C1CCN(c2ccccc2F)C1=O. The topological polar surface area (TPSA) is 49.4 Å². The summed E-state index contributed by atoms with van der Waals surface area (Å²) in [6, 6.07) is 6.06. The van der Waals surface area contributed by atoms with E-state index in [1.807, 2.05) is 0 Å². The Kier molecular flexibility index (Phi) is 3.94. The van der Waals surface area contributed by atoms with E-state index in [-0.39, 0.29) is 17.5 Å². The van der Waals surface area contributed by atoms with E-state index in [1.165, 1.54) is 17.0 Å². The number of hydrogen-bond donors (Lipinski definition) is 1. The number of rotatable bonds is 4. The Bertz CT molecular complexity index is 516. The molecule has 0 radical (unpaired) electrons. The fraction of sp³-hybridized carbons (Fsp3) is 0.286. The standard InChI is InChI=1S/C14H15FN2O2/c1-2-8-16-13(18)10-7-9-17(14(10)19)12-6-4-3-5-11(12)15/h2-6,10H,1,7-9H2,(H,16,18). The summed E-state index contributed by atoms with van der Waals surface area (Å²) in [5.74, 6) is -1.88. The highest BCUT2D eigenvalue weighted by Gasteiger charge is 2.38. The highest BCUT2D eigenvalue weighted by Crippen LogP contribution is 2.27. The lowest BCUT2D eigenvalue weighted by atomic mass is 10.1. The Morgan fingerprint density at radius 1 is 1.53 bits per heavy atom. The van der Waals surface area contributed by atoms with Crippen LogP contribution in [0.1, 0.15) is 6.42 Å². The number of anilines is 1. The third kappa shape index (κ3) is 2.65. The zero-order valence-corrected chi connectivity index (χ0v) is 10.4. The molecule has 0 aliphatic carbocycles. The first-order chi connectivity index (χ1) is 9.15. The molecule has 1 aromatic rings. The van der Waals surface area contributed by atoms with Crippen molar-refractivity contribution in [2.75, 3.05) is 18.0 Å². The van der Waals surface area contributed by atoms with E-state index < -0.39 is 11.7 Å². The van der Waals surface area contributed by atoms with Gasteiger partial charge in [0, 0.05) is 13.1 Å². The molecule has 4 nitrogen and oxygen atoms in total. The molecule has 1 atom stereocenters. The molecule has 1 aliphatic rings. The molecule has 1 fully saturated rings. The molecule has 5 heteroatoms. The fourth-order valence-corrected chi connectivity index (χ4v) is 2.13. The third-order valence-electron chi connectivity index (χ3n) is 3.09. The molecule has 1 aliphatic heterocycles. The molecular formula is C14H15FN2O2. The van der Waals surface area contributed by atoms with Gasteiger partial charge in [-0.3, -0.25) is 9.59 Å². The van der Waals surface area contributed by atoms with Crippen molar-refractivity contribution in [3.63, 3.8) is 0 Å². The van der Waals surface area contributed by atoms with Gasteiger partial charge in [0.2, 0.25) is 11.8 Å². The van der Waals surface area contributed by atoms with Crippen LogP contribution in [0.4, 0.5) is 10.1 Å². The second-order valence-electron chi connectivity index (χ2n) is 4.32. The van der Waals surface area contributed by atoms with Crippen LogP contribution in [-0.2, 0) is 9.59 Å². The summed E-state index contributed by atoms with van der Waals surface area (Å²) >= 11 is 0. The number of carbonyl (C=O) groups is 2.